The van der Waals surface area contributed by atoms with Crippen LogP contribution in [0.3, 0.4) is 0 Å². The van der Waals surface area contributed by atoms with Gasteiger partial charge in [-0.15, -0.1) is 0 Å². The number of nitrogens with one attached hydrogen (secondary N) is 5. The molecule has 16 heteroatoms. The van der Waals surface area contributed by atoms with Gasteiger partial charge in [0.15, 0.2) is 0 Å². The highest BCUT2D eigenvalue weighted by atomic mass is 16.4. The Morgan fingerprint density at radius 3 is 1.50 bits per heavy atom. The van der Waals surface area contributed by atoms with E-state index in [1.807, 2.05) is 0 Å². The van der Waals surface area contributed by atoms with Gasteiger partial charge in [-0.25, -0.2) is 4.79 Å². The number of carboxylic acids is 2. The van der Waals surface area contributed by atoms with Gasteiger partial charge in [0.25, 0.3) is 0 Å². The summed E-state index contributed by atoms with van der Waals surface area (Å²) in [5.41, 5.74) is 5.82. The van der Waals surface area contributed by atoms with Gasteiger partial charge >= 0.3 is 11.9 Å². The van der Waals surface area contributed by atoms with E-state index in [0.717, 1.165) is 6.92 Å². The molecule has 0 unspecified atom stereocenters. The van der Waals surface area contributed by atoms with Crippen molar-refractivity contribution in [1.82, 2.24) is 26.6 Å². The largest absolute Gasteiger partial charge is 0.481 e. The average molecular weight is 677 g/mol. The van der Waals surface area contributed by atoms with Crippen molar-refractivity contribution in [2.24, 2.45) is 17.6 Å². The molecule has 48 heavy (non-hydrogen) atoms. The summed E-state index contributed by atoms with van der Waals surface area (Å²) < 4.78 is 0. The van der Waals surface area contributed by atoms with Crippen LogP contribution in [0.25, 0.3) is 0 Å². The van der Waals surface area contributed by atoms with E-state index in [4.69, 9.17) is 5.73 Å². The zero-order chi connectivity index (χ0) is 36.6. The molecule has 0 heterocycles. The van der Waals surface area contributed by atoms with Crippen molar-refractivity contribution in [3.63, 3.8) is 0 Å². The molecule has 0 aliphatic heterocycles. The summed E-state index contributed by atoms with van der Waals surface area (Å²) in [5.74, 6) is -7.91. The third kappa shape index (κ3) is 16.0. The van der Waals surface area contributed by atoms with Gasteiger partial charge in [-0.1, -0.05) is 58.0 Å². The molecule has 16 nitrogen and oxygen atoms in total. The fraction of sp³-hybridized carbons (Fsp3) is 0.562. The number of benzene rings is 1. The van der Waals surface area contributed by atoms with Gasteiger partial charge in [0.2, 0.25) is 35.4 Å². The highest BCUT2D eigenvalue weighted by Gasteiger charge is 2.34. The summed E-state index contributed by atoms with van der Waals surface area (Å²) in [6.07, 6.45) is -1.17. The van der Waals surface area contributed by atoms with Crippen molar-refractivity contribution in [1.29, 1.82) is 0 Å². The topological polar surface area (TPSA) is 263 Å². The van der Waals surface area contributed by atoms with Crippen molar-refractivity contribution in [3.05, 3.63) is 35.9 Å². The van der Waals surface area contributed by atoms with Crippen molar-refractivity contribution in [2.75, 3.05) is 0 Å². The molecular formula is C32H48N6O10. The maximum absolute atomic E-state index is 13.4. The van der Waals surface area contributed by atoms with E-state index < -0.39 is 84.0 Å². The molecule has 0 fully saturated rings. The van der Waals surface area contributed by atoms with Gasteiger partial charge in [0, 0.05) is 19.8 Å². The van der Waals surface area contributed by atoms with Crippen molar-refractivity contribution in [3.8, 4) is 0 Å². The first-order valence-corrected chi connectivity index (χ1v) is 15.6. The van der Waals surface area contributed by atoms with Crippen LogP contribution in [0.4, 0.5) is 0 Å². The molecule has 9 N–H and O–H groups in total. The Morgan fingerprint density at radius 2 is 1.08 bits per heavy atom. The molecule has 0 aliphatic carbocycles. The molecule has 0 radical (unpaired) electrons. The van der Waals surface area contributed by atoms with Gasteiger partial charge in [-0.3, -0.25) is 33.6 Å². The lowest BCUT2D eigenvalue weighted by atomic mass is 10.00. The maximum atomic E-state index is 13.4. The van der Waals surface area contributed by atoms with Gasteiger partial charge in [0.1, 0.15) is 30.2 Å². The summed E-state index contributed by atoms with van der Waals surface area (Å²) >= 11 is 0. The Morgan fingerprint density at radius 1 is 0.646 bits per heavy atom. The smallest absolute Gasteiger partial charge is 0.326 e. The number of hydrogen-bond acceptors (Lipinski definition) is 8. The van der Waals surface area contributed by atoms with E-state index in [-0.39, 0.29) is 43.9 Å². The lowest BCUT2D eigenvalue weighted by molar-refractivity contribution is -0.143. The maximum Gasteiger partial charge on any atom is 0.326 e. The van der Waals surface area contributed by atoms with Crippen LogP contribution in [-0.2, 0) is 44.8 Å². The Bertz CT molecular complexity index is 1300. The molecule has 0 aliphatic rings. The lowest BCUT2D eigenvalue weighted by Gasteiger charge is -2.27. The SMILES string of the molecule is CC(=O)N[C@@H](CCC(N)=O)C(=O)N[C@@H](CC(C)C)C(=O)N[C@@H](CC(=O)O)C(=O)N[C@@H](CC(C)C)C(=O)N[C@@H](Cc1ccccc1)C(=O)O. The number of carboxylic acid groups (broad SMARTS) is 2. The van der Waals surface area contributed by atoms with E-state index in [9.17, 15) is 48.6 Å². The number of hydrogen-bond donors (Lipinski definition) is 8. The third-order valence-electron chi connectivity index (χ3n) is 6.96. The van der Waals surface area contributed by atoms with Gasteiger partial charge < -0.3 is 42.5 Å². The summed E-state index contributed by atoms with van der Waals surface area (Å²) in [4.78, 5) is 99.7. The van der Waals surface area contributed by atoms with E-state index >= 15 is 0 Å². The second-order valence-corrected chi connectivity index (χ2v) is 12.4. The molecule has 5 atom stereocenters. The van der Waals surface area contributed by atoms with Crippen molar-refractivity contribution >= 4 is 47.4 Å². The van der Waals surface area contributed by atoms with Crippen LogP contribution in [0.2, 0.25) is 0 Å². The second-order valence-electron chi connectivity index (χ2n) is 12.4. The van der Waals surface area contributed by atoms with Crippen LogP contribution >= 0.6 is 0 Å². The Balaban J connectivity index is 3.20. The van der Waals surface area contributed by atoms with Crippen LogP contribution in [0.1, 0.15) is 72.3 Å². The molecule has 0 bridgehead atoms. The summed E-state index contributed by atoms with van der Waals surface area (Å²) in [6.45, 7) is 8.19. The van der Waals surface area contributed by atoms with Gasteiger partial charge in [-0.05, 0) is 36.7 Å². The first-order chi connectivity index (χ1) is 22.4. The monoisotopic (exact) mass is 676 g/mol. The normalized spacial score (nSPS) is 14.1. The molecule has 1 aromatic carbocycles. The number of carbonyl (C=O) groups is 8. The standard InChI is InChI=1S/C32H48N6O10/c1-17(2)13-22(35-28(43)21(34-19(5)39)11-12-26(33)40)29(44)37-24(16-27(41)42)31(46)36-23(14-18(3)4)30(45)38-25(32(47)48)15-20-9-7-6-8-10-20/h6-10,17-18,21-25H,11-16H2,1-5H3,(H2,33,40)(H,34,39)(H,35,43)(H,36,46)(H,37,44)(H,38,45)(H,41,42)(H,47,48)/t21-,22-,23-,24-,25-/m0/s1. The minimum atomic E-state index is -1.69. The van der Waals surface area contributed by atoms with Gasteiger partial charge in [-0.2, -0.15) is 0 Å². The average Bonchev–Trinajstić information content (AvgIpc) is 2.97. The molecule has 0 saturated heterocycles. The zero-order valence-electron chi connectivity index (χ0n) is 27.9. The van der Waals surface area contributed by atoms with Crippen LogP contribution in [0.15, 0.2) is 30.3 Å². The van der Waals surface area contributed by atoms with E-state index in [1.165, 1.54) is 0 Å². The van der Waals surface area contributed by atoms with Crippen LogP contribution in [0, 0.1) is 11.8 Å². The van der Waals surface area contributed by atoms with E-state index in [0.29, 0.717) is 5.56 Å². The number of nitrogens with two attached hydrogens (primary N) is 1. The van der Waals surface area contributed by atoms with E-state index in [2.05, 4.69) is 26.6 Å². The molecule has 0 saturated carbocycles. The lowest BCUT2D eigenvalue weighted by Crippen LogP contribution is -2.59. The number of aliphatic carboxylic acids is 2. The minimum Gasteiger partial charge on any atom is -0.481 e. The first-order valence-electron chi connectivity index (χ1n) is 15.6. The predicted molar refractivity (Wildman–Crippen MR) is 173 cm³/mol. The number of primary amides is 1. The Labute approximate surface area is 279 Å². The Kier molecular flexibility index (Phi) is 17.3. The van der Waals surface area contributed by atoms with Crippen LogP contribution in [-0.4, -0.2) is 87.8 Å². The van der Waals surface area contributed by atoms with Crippen LogP contribution in [0.5, 0.6) is 0 Å². The third-order valence-corrected chi connectivity index (χ3v) is 6.96. The quantitative estimate of drug-likeness (QED) is 0.0834. The second kappa shape index (κ2) is 20.3. The Hall–Kier alpha value is -5.02. The van der Waals surface area contributed by atoms with E-state index in [1.54, 1.807) is 58.0 Å². The van der Waals surface area contributed by atoms with Crippen LogP contribution < -0.4 is 32.3 Å². The van der Waals surface area contributed by atoms with Crippen molar-refractivity contribution in [2.45, 2.75) is 103 Å². The van der Waals surface area contributed by atoms with Gasteiger partial charge in [0.05, 0.1) is 6.42 Å². The molecule has 6 amide bonds. The summed E-state index contributed by atoms with van der Waals surface area (Å²) in [5, 5.41) is 31.4. The predicted octanol–water partition coefficient (Wildman–Crippen LogP) is -0.410. The highest BCUT2D eigenvalue weighted by Crippen LogP contribution is 2.11. The number of rotatable bonds is 21. The number of carbonyl (C=O) groups excluding carboxylic acids is 6. The molecule has 1 aromatic rings. The molecule has 266 valence electrons. The fourth-order valence-corrected chi connectivity index (χ4v) is 4.73. The summed E-state index contributed by atoms with van der Waals surface area (Å²) in [7, 11) is 0. The number of amides is 6. The molecular weight excluding hydrogens is 628 g/mol. The molecule has 0 spiro atoms. The highest BCUT2D eigenvalue weighted by molar-refractivity contribution is 5.97. The molecule has 1 rings (SSSR count). The summed E-state index contributed by atoms with van der Waals surface area (Å²) in [6, 6.07) is 1.81. The minimum absolute atomic E-state index is 0.0315. The first kappa shape index (κ1) is 41.0. The molecule has 0 aromatic heterocycles. The van der Waals surface area contributed by atoms with Crippen molar-refractivity contribution < 1.29 is 48.6 Å². The zero-order valence-corrected chi connectivity index (χ0v) is 27.9. The fourth-order valence-electron chi connectivity index (χ4n) is 4.73.